The number of aromatic nitrogens is 4. The zero-order chi connectivity index (χ0) is 15.8. The maximum atomic E-state index is 4.74. The Kier molecular flexibility index (Phi) is 3.19. The molecule has 0 aliphatic rings. The lowest BCUT2D eigenvalue weighted by Gasteiger charge is -2.10. The largest absolute Gasteiger partial charge is 0.351 e. The van der Waals surface area contributed by atoms with Crippen LogP contribution in [0.5, 0.6) is 0 Å². The minimum atomic E-state index is 0.707. The molecule has 4 rings (SSSR count). The maximum absolute atomic E-state index is 4.74. The second kappa shape index (κ2) is 5.35. The molecule has 0 amide bonds. The molecule has 0 spiro atoms. The first-order valence-corrected chi connectivity index (χ1v) is 7.62. The van der Waals surface area contributed by atoms with Crippen molar-refractivity contribution in [3.05, 3.63) is 65.5 Å². The number of nitrogens with one attached hydrogen (secondary N) is 1. The van der Waals surface area contributed by atoms with E-state index in [-0.39, 0.29) is 0 Å². The molecule has 0 fully saturated rings. The quantitative estimate of drug-likeness (QED) is 0.629. The first-order valence-electron chi connectivity index (χ1n) is 7.62. The van der Waals surface area contributed by atoms with Gasteiger partial charge in [-0.1, -0.05) is 42.0 Å². The molecule has 0 radical (unpaired) electrons. The summed E-state index contributed by atoms with van der Waals surface area (Å²) in [5, 5.41) is 12.9. The Balaban J connectivity index is 1.78. The van der Waals surface area contributed by atoms with Gasteiger partial charge >= 0.3 is 0 Å². The van der Waals surface area contributed by atoms with E-state index < -0.39 is 0 Å². The number of para-hydroxylation sites is 1. The van der Waals surface area contributed by atoms with Crippen LogP contribution >= 0.6 is 0 Å². The van der Waals surface area contributed by atoms with Crippen molar-refractivity contribution >= 4 is 22.5 Å². The molecule has 0 aliphatic carbocycles. The van der Waals surface area contributed by atoms with Crippen molar-refractivity contribution < 1.29 is 0 Å². The Labute approximate surface area is 134 Å². The maximum Gasteiger partial charge on any atom is 0.211 e. The third kappa shape index (κ3) is 2.40. The van der Waals surface area contributed by atoms with Crippen LogP contribution in [0.15, 0.2) is 48.5 Å². The standard InChI is InChI=1S/C18H17N5/c1-12-7-9-14(10-8-12)11-19-18-20-16-6-4-3-5-15(16)17-22-21-13(2)23(17)18/h3-10H,11H2,1-2H3,(H,19,20). The molecule has 5 nitrogen and oxygen atoms in total. The van der Waals surface area contributed by atoms with Gasteiger partial charge < -0.3 is 5.32 Å². The van der Waals surface area contributed by atoms with Crippen molar-refractivity contribution in [1.29, 1.82) is 0 Å². The second-order valence-corrected chi connectivity index (χ2v) is 5.70. The summed E-state index contributed by atoms with van der Waals surface area (Å²) < 4.78 is 1.97. The van der Waals surface area contributed by atoms with E-state index in [0.717, 1.165) is 28.3 Å². The Morgan fingerprint density at radius 1 is 0.957 bits per heavy atom. The number of rotatable bonds is 3. The summed E-state index contributed by atoms with van der Waals surface area (Å²) >= 11 is 0. The van der Waals surface area contributed by atoms with Crippen LogP contribution in [-0.2, 0) is 6.54 Å². The Morgan fingerprint density at radius 2 is 1.74 bits per heavy atom. The summed E-state index contributed by atoms with van der Waals surface area (Å²) in [5.74, 6) is 1.59. The summed E-state index contributed by atoms with van der Waals surface area (Å²) in [4.78, 5) is 4.74. The first kappa shape index (κ1) is 13.7. The smallest absolute Gasteiger partial charge is 0.211 e. The fourth-order valence-corrected chi connectivity index (χ4v) is 2.72. The third-order valence-corrected chi connectivity index (χ3v) is 3.98. The van der Waals surface area contributed by atoms with Gasteiger partial charge in [-0.15, -0.1) is 10.2 Å². The molecule has 0 aliphatic heterocycles. The van der Waals surface area contributed by atoms with Crippen LogP contribution in [0, 0.1) is 13.8 Å². The molecule has 23 heavy (non-hydrogen) atoms. The number of anilines is 1. The second-order valence-electron chi connectivity index (χ2n) is 5.70. The number of fused-ring (bicyclic) bond motifs is 3. The fourth-order valence-electron chi connectivity index (χ4n) is 2.72. The minimum absolute atomic E-state index is 0.707. The van der Waals surface area contributed by atoms with Crippen LogP contribution in [-0.4, -0.2) is 19.6 Å². The third-order valence-electron chi connectivity index (χ3n) is 3.98. The Bertz CT molecular complexity index is 986. The highest BCUT2D eigenvalue weighted by Crippen LogP contribution is 2.21. The van der Waals surface area contributed by atoms with Crippen molar-refractivity contribution in [1.82, 2.24) is 19.6 Å². The van der Waals surface area contributed by atoms with Gasteiger partial charge in [0.05, 0.1) is 5.52 Å². The van der Waals surface area contributed by atoms with E-state index in [4.69, 9.17) is 4.98 Å². The average molecular weight is 303 g/mol. The monoisotopic (exact) mass is 303 g/mol. The Hall–Kier alpha value is -2.95. The van der Waals surface area contributed by atoms with Gasteiger partial charge in [0.15, 0.2) is 5.65 Å². The summed E-state index contributed by atoms with van der Waals surface area (Å²) in [6, 6.07) is 16.5. The van der Waals surface area contributed by atoms with Crippen LogP contribution in [0.2, 0.25) is 0 Å². The molecule has 0 unspecified atom stereocenters. The number of nitrogens with zero attached hydrogens (tertiary/aromatic N) is 4. The molecule has 0 bridgehead atoms. The van der Waals surface area contributed by atoms with Crippen molar-refractivity contribution in [3.8, 4) is 0 Å². The molecule has 0 atom stereocenters. The molecule has 2 heterocycles. The van der Waals surface area contributed by atoms with Crippen LogP contribution in [0.1, 0.15) is 17.0 Å². The lowest BCUT2D eigenvalue weighted by molar-refractivity contribution is 0.969. The van der Waals surface area contributed by atoms with Gasteiger partial charge in [-0.3, -0.25) is 0 Å². The van der Waals surface area contributed by atoms with Gasteiger partial charge in [0.25, 0.3) is 0 Å². The van der Waals surface area contributed by atoms with E-state index in [1.165, 1.54) is 11.1 Å². The first-order chi connectivity index (χ1) is 11.2. The summed E-state index contributed by atoms with van der Waals surface area (Å²) in [5.41, 5.74) is 4.22. The Morgan fingerprint density at radius 3 is 2.57 bits per heavy atom. The lowest BCUT2D eigenvalue weighted by atomic mass is 10.1. The van der Waals surface area contributed by atoms with Crippen molar-refractivity contribution in [3.63, 3.8) is 0 Å². The van der Waals surface area contributed by atoms with E-state index >= 15 is 0 Å². The van der Waals surface area contributed by atoms with Gasteiger partial charge in [0, 0.05) is 11.9 Å². The van der Waals surface area contributed by atoms with Crippen molar-refractivity contribution in [2.45, 2.75) is 20.4 Å². The summed E-state index contributed by atoms with van der Waals surface area (Å²) in [6.45, 7) is 4.73. The molecule has 5 heteroatoms. The topological polar surface area (TPSA) is 55.1 Å². The van der Waals surface area contributed by atoms with Crippen LogP contribution in [0.4, 0.5) is 5.95 Å². The number of aryl methyl sites for hydroxylation is 2. The van der Waals surface area contributed by atoms with Crippen LogP contribution in [0.3, 0.4) is 0 Å². The molecule has 114 valence electrons. The predicted octanol–water partition coefficient (Wildman–Crippen LogP) is 3.51. The van der Waals surface area contributed by atoms with Crippen LogP contribution in [0.25, 0.3) is 16.6 Å². The van der Waals surface area contributed by atoms with E-state index in [2.05, 4.69) is 46.7 Å². The number of hydrogen-bond donors (Lipinski definition) is 1. The van der Waals surface area contributed by atoms with Gasteiger partial charge in [-0.2, -0.15) is 0 Å². The summed E-state index contributed by atoms with van der Waals surface area (Å²) in [7, 11) is 0. The minimum Gasteiger partial charge on any atom is -0.351 e. The SMILES string of the molecule is Cc1ccc(CNc2nc3ccccc3c3nnc(C)n23)cc1. The average Bonchev–Trinajstić information content (AvgIpc) is 2.97. The molecule has 0 saturated carbocycles. The van der Waals surface area contributed by atoms with Crippen LogP contribution < -0.4 is 5.32 Å². The van der Waals surface area contributed by atoms with Gasteiger partial charge in [0.1, 0.15) is 5.82 Å². The highest BCUT2D eigenvalue weighted by molar-refractivity contribution is 5.92. The van der Waals surface area contributed by atoms with E-state index in [1.807, 2.05) is 35.6 Å². The van der Waals surface area contributed by atoms with E-state index in [9.17, 15) is 0 Å². The lowest BCUT2D eigenvalue weighted by Crippen LogP contribution is -2.08. The summed E-state index contributed by atoms with van der Waals surface area (Å²) in [6.07, 6.45) is 0. The molecule has 2 aromatic carbocycles. The zero-order valence-corrected chi connectivity index (χ0v) is 13.1. The van der Waals surface area contributed by atoms with Crippen molar-refractivity contribution in [2.75, 3.05) is 5.32 Å². The normalized spacial score (nSPS) is 11.2. The molecular weight excluding hydrogens is 286 g/mol. The van der Waals surface area contributed by atoms with Gasteiger partial charge in [-0.05, 0) is 31.5 Å². The highest BCUT2D eigenvalue weighted by atomic mass is 15.3. The molecule has 1 N–H and O–H groups in total. The zero-order valence-electron chi connectivity index (χ0n) is 13.1. The molecule has 0 saturated heterocycles. The highest BCUT2D eigenvalue weighted by Gasteiger charge is 2.12. The predicted molar refractivity (Wildman–Crippen MR) is 91.5 cm³/mol. The van der Waals surface area contributed by atoms with Crippen molar-refractivity contribution in [2.24, 2.45) is 0 Å². The van der Waals surface area contributed by atoms with E-state index in [0.29, 0.717) is 6.54 Å². The molecular formula is C18H17N5. The number of benzene rings is 2. The molecule has 2 aromatic heterocycles. The van der Waals surface area contributed by atoms with Gasteiger partial charge in [-0.25, -0.2) is 9.38 Å². The fraction of sp³-hybridized carbons (Fsp3) is 0.167. The molecule has 4 aromatic rings. The van der Waals surface area contributed by atoms with E-state index in [1.54, 1.807) is 0 Å². The van der Waals surface area contributed by atoms with Gasteiger partial charge in [0.2, 0.25) is 5.95 Å². The number of hydrogen-bond acceptors (Lipinski definition) is 4.